The van der Waals surface area contributed by atoms with Crippen LogP contribution in [-0.4, -0.2) is 74.5 Å². The first-order chi connectivity index (χ1) is 12.6. The summed E-state index contributed by atoms with van der Waals surface area (Å²) < 4.78 is 0. The fourth-order valence-electron chi connectivity index (χ4n) is 4.43. The van der Waals surface area contributed by atoms with Gasteiger partial charge in [-0.15, -0.1) is 0 Å². The van der Waals surface area contributed by atoms with Crippen molar-refractivity contribution in [1.82, 2.24) is 15.1 Å². The molecule has 3 heterocycles. The van der Waals surface area contributed by atoms with Crippen LogP contribution in [0.25, 0.3) is 0 Å². The summed E-state index contributed by atoms with van der Waals surface area (Å²) in [5.74, 6) is 0.176. The lowest BCUT2D eigenvalue weighted by Crippen LogP contribution is -2.47. The van der Waals surface area contributed by atoms with Crippen molar-refractivity contribution in [2.75, 3.05) is 57.8 Å². The van der Waals surface area contributed by atoms with E-state index in [0.29, 0.717) is 13.1 Å². The third kappa shape index (κ3) is 3.18. The Balaban J connectivity index is 1.41. The molecule has 4 rings (SSSR count). The summed E-state index contributed by atoms with van der Waals surface area (Å²) in [5, 5.41) is 2.98. The van der Waals surface area contributed by atoms with Crippen LogP contribution in [0.2, 0.25) is 0 Å². The molecule has 3 aliphatic rings. The van der Waals surface area contributed by atoms with Crippen molar-refractivity contribution in [3.63, 3.8) is 0 Å². The highest BCUT2D eigenvalue weighted by Gasteiger charge is 2.46. The first-order valence-corrected chi connectivity index (χ1v) is 9.69. The van der Waals surface area contributed by atoms with E-state index in [0.717, 1.165) is 57.5 Å². The van der Waals surface area contributed by atoms with Crippen LogP contribution in [0.4, 0.5) is 5.69 Å². The van der Waals surface area contributed by atoms with Crippen LogP contribution in [-0.2, 0) is 4.79 Å². The van der Waals surface area contributed by atoms with Crippen LogP contribution in [0.15, 0.2) is 24.3 Å². The molecule has 6 nitrogen and oxygen atoms in total. The predicted octanol–water partition coefficient (Wildman–Crippen LogP) is 1.18. The average molecular weight is 356 g/mol. The smallest absolute Gasteiger partial charge is 0.253 e. The lowest BCUT2D eigenvalue weighted by atomic mass is 9.79. The Bertz CT molecular complexity index is 682. The second-order valence-electron chi connectivity index (χ2n) is 7.95. The zero-order valence-corrected chi connectivity index (χ0v) is 15.5. The molecule has 1 N–H and O–H groups in total. The molecule has 6 heteroatoms. The number of carbonyl (C=O) groups excluding carboxylic acids is 2. The van der Waals surface area contributed by atoms with Crippen LogP contribution in [0.3, 0.4) is 0 Å². The molecular weight excluding hydrogens is 328 g/mol. The molecule has 26 heavy (non-hydrogen) atoms. The van der Waals surface area contributed by atoms with Gasteiger partial charge in [0.05, 0.1) is 5.41 Å². The maximum Gasteiger partial charge on any atom is 0.253 e. The van der Waals surface area contributed by atoms with E-state index in [1.165, 1.54) is 5.69 Å². The molecule has 2 amide bonds. The zero-order valence-electron chi connectivity index (χ0n) is 15.5. The van der Waals surface area contributed by atoms with Gasteiger partial charge in [0, 0.05) is 57.1 Å². The Morgan fingerprint density at radius 2 is 1.77 bits per heavy atom. The number of hydrogen-bond acceptors (Lipinski definition) is 4. The molecular formula is C20H28N4O2. The van der Waals surface area contributed by atoms with Crippen molar-refractivity contribution >= 4 is 17.5 Å². The molecule has 3 fully saturated rings. The summed E-state index contributed by atoms with van der Waals surface area (Å²) in [6.07, 6.45) is 2.68. The van der Waals surface area contributed by atoms with Crippen molar-refractivity contribution in [2.45, 2.75) is 19.3 Å². The molecule has 1 unspecified atom stereocenters. The Morgan fingerprint density at radius 1 is 1.04 bits per heavy atom. The molecule has 0 aliphatic carbocycles. The van der Waals surface area contributed by atoms with Gasteiger partial charge in [0.1, 0.15) is 0 Å². The number of carbonyl (C=O) groups is 2. The Labute approximate surface area is 155 Å². The summed E-state index contributed by atoms with van der Waals surface area (Å²) in [5.41, 5.74) is 1.54. The van der Waals surface area contributed by atoms with Gasteiger partial charge in [-0.2, -0.15) is 0 Å². The fraction of sp³-hybridized carbons (Fsp3) is 0.600. The summed E-state index contributed by atoms with van der Waals surface area (Å²) >= 11 is 0. The molecule has 1 atom stereocenters. The van der Waals surface area contributed by atoms with E-state index in [2.05, 4.69) is 34.3 Å². The third-order valence-corrected chi connectivity index (χ3v) is 6.22. The molecule has 0 saturated carbocycles. The number of rotatable bonds is 2. The topological polar surface area (TPSA) is 55.9 Å². The summed E-state index contributed by atoms with van der Waals surface area (Å²) in [7, 11) is 2.15. The van der Waals surface area contributed by atoms with E-state index < -0.39 is 0 Å². The number of likely N-dealkylation sites (N-methyl/N-ethyl adjacent to an activating group) is 1. The summed E-state index contributed by atoms with van der Waals surface area (Å²) in [6, 6.07) is 7.97. The molecule has 1 aromatic rings. The standard InChI is InChI=1S/C20H28N4O2/c1-22-11-13-23(14-12-22)17-5-3-16(4-6-17)18(25)24-10-8-20(15-24)7-2-9-21-19(20)26/h3-6H,2,7-15H2,1H3,(H,21,26). The first kappa shape index (κ1) is 17.3. The van der Waals surface area contributed by atoms with Crippen molar-refractivity contribution in [1.29, 1.82) is 0 Å². The monoisotopic (exact) mass is 356 g/mol. The van der Waals surface area contributed by atoms with Gasteiger partial charge < -0.3 is 20.0 Å². The van der Waals surface area contributed by atoms with Gasteiger partial charge in [-0.25, -0.2) is 0 Å². The number of hydrogen-bond donors (Lipinski definition) is 1. The number of nitrogens with zero attached hydrogens (tertiary/aromatic N) is 3. The molecule has 3 saturated heterocycles. The minimum atomic E-state index is -0.353. The maximum atomic E-state index is 12.9. The van der Waals surface area contributed by atoms with E-state index in [-0.39, 0.29) is 17.2 Å². The lowest BCUT2D eigenvalue weighted by Gasteiger charge is -2.34. The van der Waals surface area contributed by atoms with Crippen LogP contribution in [0.1, 0.15) is 29.6 Å². The minimum Gasteiger partial charge on any atom is -0.369 e. The maximum absolute atomic E-state index is 12.9. The fourth-order valence-corrected chi connectivity index (χ4v) is 4.43. The quantitative estimate of drug-likeness (QED) is 0.865. The van der Waals surface area contributed by atoms with Gasteiger partial charge in [-0.3, -0.25) is 9.59 Å². The summed E-state index contributed by atoms with van der Waals surface area (Å²) in [6.45, 7) is 6.17. The van der Waals surface area contributed by atoms with Crippen molar-refractivity contribution < 1.29 is 9.59 Å². The van der Waals surface area contributed by atoms with Gasteiger partial charge in [0.25, 0.3) is 5.91 Å². The van der Waals surface area contributed by atoms with E-state index in [1.807, 2.05) is 17.0 Å². The van der Waals surface area contributed by atoms with Crippen LogP contribution >= 0.6 is 0 Å². The highest BCUT2D eigenvalue weighted by molar-refractivity contribution is 5.96. The highest BCUT2D eigenvalue weighted by atomic mass is 16.2. The number of likely N-dealkylation sites (tertiary alicyclic amines) is 1. The molecule has 140 valence electrons. The number of benzene rings is 1. The van der Waals surface area contributed by atoms with Gasteiger partial charge in [0.2, 0.25) is 5.91 Å². The Morgan fingerprint density at radius 3 is 2.46 bits per heavy atom. The first-order valence-electron chi connectivity index (χ1n) is 9.69. The Kier molecular flexibility index (Phi) is 4.61. The van der Waals surface area contributed by atoms with E-state index >= 15 is 0 Å². The van der Waals surface area contributed by atoms with E-state index in [4.69, 9.17) is 0 Å². The molecule has 1 spiro atoms. The van der Waals surface area contributed by atoms with Crippen LogP contribution < -0.4 is 10.2 Å². The molecule has 3 aliphatic heterocycles. The molecule has 0 bridgehead atoms. The molecule has 0 aromatic heterocycles. The van der Waals surface area contributed by atoms with Crippen molar-refractivity contribution in [2.24, 2.45) is 5.41 Å². The lowest BCUT2D eigenvalue weighted by molar-refractivity contribution is -0.132. The second-order valence-corrected chi connectivity index (χ2v) is 7.95. The second kappa shape index (κ2) is 6.91. The van der Waals surface area contributed by atoms with Gasteiger partial charge in [-0.05, 0) is 50.6 Å². The number of piperidine rings is 1. The molecule has 1 aromatic carbocycles. The zero-order chi connectivity index (χ0) is 18.1. The normalized spacial score (nSPS) is 27.0. The number of anilines is 1. The van der Waals surface area contributed by atoms with Gasteiger partial charge >= 0.3 is 0 Å². The Hall–Kier alpha value is -2.08. The van der Waals surface area contributed by atoms with Gasteiger partial charge in [-0.1, -0.05) is 0 Å². The SMILES string of the molecule is CN1CCN(c2ccc(C(=O)N3CCC4(CCCNC4=O)C3)cc2)CC1. The third-order valence-electron chi connectivity index (χ3n) is 6.22. The van der Waals surface area contributed by atoms with Crippen LogP contribution in [0, 0.1) is 5.41 Å². The summed E-state index contributed by atoms with van der Waals surface area (Å²) in [4.78, 5) is 31.7. The van der Waals surface area contributed by atoms with E-state index in [9.17, 15) is 9.59 Å². The predicted molar refractivity (Wildman–Crippen MR) is 101 cm³/mol. The highest BCUT2D eigenvalue weighted by Crippen LogP contribution is 2.37. The van der Waals surface area contributed by atoms with Crippen molar-refractivity contribution in [3.05, 3.63) is 29.8 Å². The van der Waals surface area contributed by atoms with Crippen molar-refractivity contribution in [3.8, 4) is 0 Å². The van der Waals surface area contributed by atoms with Crippen LogP contribution in [0.5, 0.6) is 0 Å². The minimum absolute atomic E-state index is 0.0465. The number of piperazine rings is 1. The van der Waals surface area contributed by atoms with E-state index in [1.54, 1.807) is 0 Å². The van der Waals surface area contributed by atoms with Gasteiger partial charge in [0.15, 0.2) is 0 Å². The molecule has 0 radical (unpaired) electrons. The average Bonchev–Trinajstić information content (AvgIpc) is 3.10. The number of nitrogens with one attached hydrogen (secondary N) is 1. The largest absolute Gasteiger partial charge is 0.369 e. The number of amides is 2.